The molecule has 0 bridgehead atoms. The van der Waals surface area contributed by atoms with Gasteiger partial charge >= 0.3 is 0 Å². The van der Waals surface area contributed by atoms with Crippen molar-refractivity contribution in [3.8, 4) is 0 Å². The zero-order valence-electron chi connectivity index (χ0n) is 14.7. The van der Waals surface area contributed by atoms with E-state index in [1.165, 1.54) is 11.1 Å². The Morgan fingerprint density at radius 2 is 1.76 bits per heavy atom. The molecule has 0 amide bonds. The first-order valence-corrected chi connectivity index (χ1v) is 8.14. The van der Waals surface area contributed by atoms with E-state index in [0.717, 1.165) is 11.4 Å². The normalized spacial score (nSPS) is 10.4. The van der Waals surface area contributed by atoms with E-state index < -0.39 is 0 Å². The Hall–Kier alpha value is -3.15. The lowest BCUT2D eigenvalue weighted by Crippen LogP contribution is -2.08. The van der Waals surface area contributed by atoms with Crippen LogP contribution in [-0.4, -0.2) is 29.3 Å². The van der Waals surface area contributed by atoms with Crippen molar-refractivity contribution in [1.82, 2.24) is 15.2 Å². The molecule has 0 aliphatic carbocycles. The van der Waals surface area contributed by atoms with Crippen molar-refractivity contribution in [3.63, 3.8) is 0 Å². The highest BCUT2D eigenvalue weighted by Crippen LogP contribution is 2.19. The summed E-state index contributed by atoms with van der Waals surface area (Å²) in [7, 11) is 4.03. The van der Waals surface area contributed by atoms with Crippen LogP contribution >= 0.6 is 0 Å². The number of benzene rings is 2. The van der Waals surface area contributed by atoms with Gasteiger partial charge in [0.15, 0.2) is 5.82 Å². The minimum absolute atomic E-state index is 0.498. The van der Waals surface area contributed by atoms with E-state index in [4.69, 9.17) is 0 Å². The highest BCUT2D eigenvalue weighted by molar-refractivity contribution is 5.60. The Kier molecular flexibility index (Phi) is 5.09. The first kappa shape index (κ1) is 16.7. The SMILES string of the molecule is Cc1ccccc1CNc1nncc(Nc2ccc(N(C)C)cc2)n1. The van der Waals surface area contributed by atoms with E-state index in [0.29, 0.717) is 18.3 Å². The Labute approximate surface area is 147 Å². The van der Waals surface area contributed by atoms with E-state index in [2.05, 4.69) is 49.8 Å². The first-order chi connectivity index (χ1) is 12.1. The average Bonchev–Trinajstić information content (AvgIpc) is 2.62. The van der Waals surface area contributed by atoms with Crippen molar-refractivity contribution in [2.75, 3.05) is 29.6 Å². The van der Waals surface area contributed by atoms with Crippen LogP contribution in [0.5, 0.6) is 0 Å². The number of rotatable bonds is 6. The second kappa shape index (κ2) is 7.61. The monoisotopic (exact) mass is 334 g/mol. The number of hydrogen-bond acceptors (Lipinski definition) is 6. The molecule has 0 atom stereocenters. The minimum atomic E-state index is 0.498. The number of aryl methyl sites for hydroxylation is 1. The molecule has 3 rings (SSSR count). The molecule has 0 saturated heterocycles. The molecule has 2 N–H and O–H groups in total. The first-order valence-electron chi connectivity index (χ1n) is 8.14. The third kappa shape index (κ3) is 4.44. The van der Waals surface area contributed by atoms with Crippen molar-refractivity contribution in [2.24, 2.45) is 0 Å². The molecule has 0 unspecified atom stereocenters. The predicted molar refractivity (Wildman–Crippen MR) is 102 cm³/mol. The molecule has 1 heterocycles. The van der Waals surface area contributed by atoms with Gasteiger partial charge in [0, 0.05) is 32.0 Å². The second-order valence-corrected chi connectivity index (χ2v) is 6.01. The molecular formula is C19H22N6. The van der Waals surface area contributed by atoms with Crippen LogP contribution in [-0.2, 0) is 6.54 Å². The lowest BCUT2D eigenvalue weighted by molar-refractivity contribution is 0.946. The summed E-state index contributed by atoms with van der Waals surface area (Å²) in [5.74, 6) is 1.15. The van der Waals surface area contributed by atoms with E-state index in [-0.39, 0.29) is 0 Å². The molecular weight excluding hydrogens is 312 g/mol. The summed E-state index contributed by atoms with van der Waals surface area (Å²) in [5.41, 5.74) is 4.55. The zero-order chi connectivity index (χ0) is 17.6. The minimum Gasteiger partial charge on any atom is -0.378 e. The molecule has 0 spiro atoms. The van der Waals surface area contributed by atoms with Gasteiger partial charge < -0.3 is 15.5 Å². The summed E-state index contributed by atoms with van der Waals surface area (Å²) in [6.45, 7) is 2.75. The maximum Gasteiger partial charge on any atom is 0.244 e. The largest absolute Gasteiger partial charge is 0.378 e. The van der Waals surface area contributed by atoms with Crippen molar-refractivity contribution < 1.29 is 0 Å². The van der Waals surface area contributed by atoms with Gasteiger partial charge in [-0.25, -0.2) is 0 Å². The van der Waals surface area contributed by atoms with Gasteiger partial charge in [-0.05, 0) is 42.3 Å². The number of aromatic nitrogens is 3. The Bertz CT molecular complexity index is 829. The predicted octanol–water partition coefficient (Wildman–Crippen LogP) is 3.60. The molecule has 128 valence electrons. The number of nitrogens with zero attached hydrogens (tertiary/aromatic N) is 4. The summed E-state index contributed by atoms with van der Waals surface area (Å²) >= 11 is 0. The van der Waals surface area contributed by atoms with Crippen molar-refractivity contribution in [1.29, 1.82) is 0 Å². The molecule has 2 aromatic carbocycles. The topological polar surface area (TPSA) is 66.0 Å². The lowest BCUT2D eigenvalue weighted by atomic mass is 10.1. The van der Waals surface area contributed by atoms with E-state index in [9.17, 15) is 0 Å². The molecule has 0 aliphatic rings. The average molecular weight is 334 g/mol. The van der Waals surface area contributed by atoms with Crippen LogP contribution < -0.4 is 15.5 Å². The van der Waals surface area contributed by atoms with Gasteiger partial charge in [-0.15, -0.1) is 5.10 Å². The molecule has 6 heteroatoms. The van der Waals surface area contributed by atoms with Gasteiger partial charge in [0.2, 0.25) is 5.95 Å². The van der Waals surface area contributed by atoms with Gasteiger partial charge in [-0.1, -0.05) is 24.3 Å². The van der Waals surface area contributed by atoms with Crippen LogP contribution in [0.25, 0.3) is 0 Å². The molecule has 0 aliphatic heterocycles. The van der Waals surface area contributed by atoms with Gasteiger partial charge in [0.05, 0.1) is 6.20 Å². The van der Waals surface area contributed by atoms with Crippen LogP contribution in [0, 0.1) is 6.92 Å². The third-order valence-electron chi connectivity index (χ3n) is 3.91. The summed E-state index contributed by atoms with van der Waals surface area (Å²) in [6, 6.07) is 16.4. The third-order valence-corrected chi connectivity index (χ3v) is 3.91. The van der Waals surface area contributed by atoms with Crippen LogP contribution in [0.2, 0.25) is 0 Å². The maximum atomic E-state index is 4.46. The van der Waals surface area contributed by atoms with Crippen molar-refractivity contribution >= 4 is 23.1 Å². The van der Waals surface area contributed by atoms with Crippen LogP contribution in [0.1, 0.15) is 11.1 Å². The highest BCUT2D eigenvalue weighted by Gasteiger charge is 2.03. The molecule has 0 radical (unpaired) electrons. The Morgan fingerprint density at radius 3 is 2.48 bits per heavy atom. The molecule has 3 aromatic rings. The fourth-order valence-corrected chi connectivity index (χ4v) is 2.41. The van der Waals surface area contributed by atoms with Gasteiger partial charge in [0.1, 0.15) is 0 Å². The Morgan fingerprint density at radius 1 is 1.00 bits per heavy atom. The van der Waals surface area contributed by atoms with Crippen molar-refractivity contribution in [3.05, 3.63) is 65.9 Å². The standard InChI is InChI=1S/C19H22N6/c1-14-6-4-5-7-15(14)12-20-19-23-18(13-21-24-19)22-16-8-10-17(11-9-16)25(2)3/h4-11,13H,12H2,1-3H3,(H2,20,22,23,24). The fourth-order valence-electron chi connectivity index (χ4n) is 2.41. The van der Waals surface area contributed by atoms with Gasteiger partial charge in [-0.3, -0.25) is 0 Å². The molecule has 1 aromatic heterocycles. The number of hydrogen-bond donors (Lipinski definition) is 2. The Balaban J connectivity index is 1.66. The highest BCUT2D eigenvalue weighted by atomic mass is 15.3. The molecule has 0 fully saturated rings. The van der Waals surface area contributed by atoms with E-state index in [1.807, 2.05) is 50.5 Å². The second-order valence-electron chi connectivity index (χ2n) is 6.01. The summed E-state index contributed by atoms with van der Waals surface area (Å²) < 4.78 is 0. The zero-order valence-corrected chi connectivity index (χ0v) is 14.7. The van der Waals surface area contributed by atoms with E-state index >= 15 is 0 Å². The summed E-state index contributed by atoms with van der Waals surface area (Å²) in [5, 5.41) is 14.5. The number of anilines is 4. The molecule has 6 nitrogen and oxygen atoms in total. The fraction of sp³-hybridized carbons (Fsp3) is 0.211. The molecule has 0 saturated carbocycles. The lowest BCUT2D eigenvalue weighted by Gasteiger charge is -2.13. The summed E-state index contributed by atoms with van der Waals surface area (Å²) in [4.78, 5) is 6.52. The quantitative estimate of drug-likeness (QED) is 0.718. The maximum absolute atomic E-state index is 4.46. The van der Waals surface area contributed by atoms with Gasteiger partial charge in [-0.2, -0.15) is 10.1 Å². The van der Waals surface area contributed by atoms with Crippen molar-refractivity contribution in [2.45, 2.75) is 13.5 Å². The van der Waals surface area contributed by atoms with E-state index in [1.54, 1.807) is 6.20 Å². The van der Waals surface area contributed by atoms with Crippen LogP contribution in [0.15, 0.2) is 54.7 Å². The van der Waals surface area contributed by atoms with Crippen LogP contribution in [0.4, 0.5) is 23.1 Å². The number of nitrogens with one attached hydrogen (secondary N) is 2. The molecule has 25 heavy (non-hydrogen) atoms. The van der Waals surface area contributed by atoms with Gasteiger partial charge in [0.25, 0.3) is 0 Å². The summed E-state index contributed by atoms with van der Waals surface area (Å²) in [6.07, 6.45) is 1.61. The smallest absolute Gasteiger partial charge is 0.244 e. The van der Waals surface area contributed by atoms with Crippen LogP contribution in [0.3, 0.4) is 0 Å².